The molecular weight excluding hydrogens is 250 g/mol. The van der Waals surface area contributed by atoms with Gasteiger partial charge in [-0.2, -0.15) is 0 Å². The van der Waals surface area contributed by atoms with Crippen LogP contribution in [0.4, 0.5) is 0 Å². The first-order chi connectivity index (χ1) is 8.31. The van der Waals surface area contributed by atoms with E-state index in [0.717, 1.165) is 11.3 Å². The molecule has 0 aliphatic carbocycles. The predicted molar refractivity (Wildman–Crippen MR) is 74.4 cm³/mol. The quantitative estimate of drug-likeness (QED) is 0.872. The summed E-state index contributed by atoms with van der Waals surface area (Å²) in [4.78, 5) is 28.6. The van der Waals surface area contributed by atoms with E-state index in [1.807, 2.05) is 13.0 Å². The molecule has 0 amide bonds. The maximum atomic E-state index is 12.3. The molecule has 0 aliphatic rings. The number of H-pyrrole nitrogens is 1. The highest BCUT2D eigenvalue weighted by molar-refractivity contribution is 7.18. The second-order valence-corrected chi connectivity index (χ2v) is 6.26. The van der Waals surface area contributed by atoms with E-state index in [2.05, 4.69) is 4.98 Å². The Hall–Kier alpha value is -1.40. The van der Waals surface area contributed by atoms with Crippen LogP contribution in [0.25, 0.3) is 10.2 Å². The number of hydrogen-bond acceptors (Lipinski definition) is 4. The highest BCUT2D eigenvalue weighted by Gasteiger charge is 2.17. The Morgan fingerprint density at radius 2 is 2.11 bits per heavy atom. The first-order valence-corrected chi connectivity index (χ1v) is 6.68. The molecule has 2 heterocycles. The van der Waals surface area contributed by atoms with Crippen LogP contribution >= 0.6 is 11.3 Å². The van der Waals surface area contributed by atoms with Gasteiger partial charge in [0, 0.05) is 17.0 Å². The number of nitrogens with one attached hydrogen (secondary N) is 1. The highest BCUT2D eigenvalue weighted by Crippen LogP contribution is 2.20. The van der Waals surface area contributed by atoms with Crippen molar-refractivity contribution in [2.45, 2.75) is 39.3 Å². The van der Waals surface area contributed by atoms with E-state index in [4.69, 9.17) is 5.73 Å². The Kier molecular flexibility index (Phi) is 3.16. The number of thiophene rings is 1. The van der Waals surface area contributed by atoms with Crippen LogP contribution < -0.4 is 17.0 Å². The van der Waals surface area contributed by atoms with Gasteiger partial charge in [-0.3, -0.25) is 14.3 Å². The van der Waals surface area contributed by atoms with Gasteiger partial charge in [0.05, 0.1) is 5.39 Å². The van der Waals surface area contributed by atoms with Crippen LogP contribution in [0.3, 0.4) is 0 Å². The van der Waals surface area contributed by atoms with Gasteiger partial charge < -0.3 is 5.73 Å². The van der Waals surface area contributed by atoms with Gasteiger partial charge in [-0.15, -0.1) is 11.3 Å². The molecule has 2 aromatic heterocycles. The monoisotopic (exact) mass is 267 g/mol. The van der Waals surface area contributed by atoms with Crippen molar-refractivity contribution in [2.75, 3.05) is 0 Å². The zero-order valence-electron chi connectivity index (χ0n) is 10.7. The predicted octanol–water partition coefficient (Wildman–Crippen LogP) is 1.05. The Labute approximate surface area is 108 Å². The van der Waals surface area contributed by atoms with Crippen molar-refractivity contribution in [3.63, 3.8) is 0 Å². The molecule has 0 fully saturated rings. The minimum absolute atomic E-state index is 0.203. The molecule has 0 spiro atoms. The first-order valence-electron chi connectivity index (χ1n) is 5.86. The molecule has 18 heavy (non-hydrogen) atoms. The Bertz CT molecular complexity index is 688. The fraction of sp³-hybridized carbons (Fsp3) is 0.500. The van der Waals surface area contributed by atoms with Crippen LogP contribution in [0.1, 0.15) is 25.6 Å². The van der Waals surface area contributed by atoms with Gasteiger partial charge in [-0.25, -0.2) is 4.79 Å². The molecule has 0 atom stereocenters. The van der Waals surface area contributed by atoms with Gasteiger partial charge in [0.2, 0.25) is 0 Å². The van der Waals surface area contributed by atoms with Crippen molar-refractivity contribution >= 4 is 21.6 Å². The van der Waals surface area contributed by atoms with Crippen molar-refractivity contribution < 1.29 is 0 Å². The number of fused-ring (bicyclic) bond motifs is 1. The number of nitrogens with two attached hydrogens (primary N) is 1. The molecule has 0 saturated carbocycles. The third-order valence-corrected chi connectivity index (χ3v) is 3.83. The molecule has 98 valence electrons. The van der Waals surface area contributed by atoms with Crippen molar-refractivity contribution in [1.82, 2.24) is 9.55 Å². The number of aromatic nitrogens is 2. The molecule has 0 unspecified atom stereocenters. The molecule has 3 N–H and O–H groups in total. The smallest absolute Gasteiger partial charge is 0.324 e. The third kappa shape index (κ3) is 2.39. The van der Waals surface area contributed by atoms with E-state index >= 15 is 0 Å². The topological polar surface area (TPSA) is 80.9 Å². The van der Waals surface area contributed by atoms with Crippen LogP contribution in [0.15, 0.2) is 15.7 Å². The Balaban J connectivity index is 2.68. The number of nitrogens with zero attached hydrogens (tertiary/aromatic N) is 1. The van der Waals surface area contributed by atoms with E-state index in [9.17, 15) is 9.59 Å². The highest BCUT2D eigenvalue weighted by atomic mass is 32.1. The molecule has 5 nitrogen and oxygen atoms in total. The summed E-state index contributed by atoms with van der Waals surface area (Å²) in [5.74, 6) is 0. The summed E-state index contributed by atoms with van der Waals surface area (Å²) in [5, 5.41) is 0.570. The lowest BCUT2D eigenvalue weighted by Gasteiger charge is -2.18. The Morgan fingerprint density at radius 1 is 1.44 bits per heavy atom. The molecule has 0 bridgehead atoms. The van der Waals surface area contributed by atoms with E-state index in [0.29, 0.717) is 10.2 Å². The van der Waals surface area contributed by atoms with Gasteiger partial charge in [0.15, 0.2) is 0 Å². The average molecular weight is 267 g/mol. The molecule has 2 aromatic rings. The minimum Gasteiger partial charge on any atom is -0.324 e. The third-order valence-electron chi connectivity index (χ3n) is 2.64. The van der Waals surface area contributed by atoms with E-state index < -0.39 is 11.2 Å². The zero-order chi connectivity index (χ0) is 13.5. The molecule has 0 aliphatic heterocycles. The lowest BCUT2D eigenvalue weighted by atomic mass is 10.1. The lowest BCUT2D eigenvalue weighted by molar-refractivity contribution is 0.417. The van der Waals surface area contributed by atoms with Crippen molar-refractivity contribution in [3.05, 3.63) is 31.8 Å². The van der Waals surface area contributed by atoms with Crippen molar-refractivity contribution in [1.29, 1.82) is 0 Å². The summed E-state index contributed by atoms with van der Waals surface area (Å²) in [6, 6.07) is 1.85. The van der Waals surface area contributed by atoms with E-state index in [1.54, 1.807) is 13.8 Å². The number of rotatable bonds is 3. The molecular formula is C12H17N3O2S. The second kappa shape index (κ2) is 4.37. The maximum Gasteiger partial charge on any atom is 0.329 e. The summed E-state index contributed by atoms with van der Waals surface area (Å²) in [5.41, 5.74) is 4.61. The number of aryl methyl sites for hydroxylation is 1. The fourth-order valence-corrected chi connectivity index (χ4v) is 2.80. The Morgan fingerprint density at radius 3 is 2.67 bits per heavy atom. The van der Waals surface area contributed by atoms with Gasteiger partial charge in [0.25, 0.3) is 5.56 Å². The van der Waals surface area contributed by atoms with E-state index in [-0.39, 0.29) is 12.1 Å². The van der Waals surface area contributed by atoms with Crippen molar-refractivity contribution in [3.8, 4) is 0 Å². The summed E-state index contributed by atoms with van der Waals surface area (Å²) in [6.07, 6.45) is 0.850. The summed E-state index contributed by atoms with van der Waals surface area (Å²) >= 11 is 1.45. The lowest BCUT2D eigenvalue weighted by Crippen LogP contribution is -2.45. The summed E-state index contributed by atoms with van der Waals surface area (Å²) in [6.45, 7) is 5.79. The first kappa shape index (κ1) is 13.0. The molecule has 0 aromatic carbocycles. The molecule has 0 radical (unpaired) electrons. The summed E-state index contributed by atoms with van der Waals surface area (Å²) in [7, 11) is 0. The summed E-state index contributed by atoms with van der Waals surface area (Å²) < 4.78 is 1.18. The molecule has 0 saturated heterocycles. The van der Waals surface area contributed by atoms with Crippen LogP contribution in [0.5, 0.6) is 0 Å². The van der Waals surface area contributed by atoms with Crippen LogP contribution in [-0.2, 0) is 13.0 Å². The fourth-order valence-electron chi connectivity index (χ4n) is 1.82. The zero-order valence-corrected chi connectivity index (χ0v) is 11.6. The van der Waals surface area contributed by atoms with Crippen molar-refractivity contribution in [2.24, 2.45) is 5.73 Å². The average Bonchev–Trinajstić information content (AvgIpc) is 2.66. The van der Waals surface area contributed by atoms with Crippen LogP contribution in [0.2, 0.25) is 0 Å². The van der Waals surface area contributed by atoms with Gasteiger partial charge in [0.1, 0.15) is 4.83 Å². The SMILES string of the molecule is CCc1cc2c(=O)n(CC(C)(C)N)c(=O)[nH]c2s1. The standard InChI is InChI=1S/C12H17N3O2S/c1-4-7-5-8-9(18-7)14-11(17)15(10(8)16)6-12(2,3)13/h5H,4,6,13H2,1-3H3,(H,14,17). The van der Waals surface area contributed by atoms with Gasteiger partial charge in [-0.05, 0) is 26.3 Å². The van der Waals surface area contributed by atoms with Gasteiger partial charge in [-0.1, -0.05) is 6.92 Å². The van der Waals surface area contributed by atoms with Gasteiger partial charge >= 0.3 is 5.69 Å². The van der Waals surface area contributed by atoms with Crippen LogP contribution in [0, 0.1) is 0 Å². The molecule has 2 rings (SSSR count). The van der Waals surface area contributed by atoms with Crippen LogP contribution in [-0.4, -0.2) is 15.1 Å². The normalized spacial score (nSPS) is 12.2. The van der Waals surface area contributed by atoms with E-state index in [1.165, 1.54) is 15.9 Å². The molecule has 6 heteroatoms. The largest absolute Gasteiger partial charge is 0.329 e. The minimum atomic E-state index is -0.603. The number of aromatic amines is 1. The maximum absolute atomic E-state index is 12.3. The second-order valence-electron chi connectivity index (χ2n) is 5.12. The number of hydrogen-bond donors (Lipinski definition) is 2.